The quantitative estimate of drug-likeness (QED) is 0.905. The van der Waals surface area contributed by atoms with Crippen LogP contribution in [-0.4, -0.2) is 0 Å². The van der Waals surface area contributed by atoms with Gasteiger partial charge in [0.25, 0.3) is 0 Å². The summed E-state index contributed by atoms with van der Waals surface area (Å²) in [5, 5.41) is 0. The number of ether oxygens (including phenoxy) is 1. The fraction of sp³-hybridized carbons (Fsp3) is 0.250. The maximum absolute atomic E-state index is 13.3. The number of hydrogen-bond donors (Lipinski definition) is 1. The van der Waals surface area contributed by atoms with E-state index in [0.717, 1.165) is 32.5 Å². The molecule has 0 amide bonds. The molecule has 0 spiro atoms. The Morgan fingerprint density at radius 1 is 1.10 bits per heavy atom. The van der Waals surface area contributed by atoms with Gasteiger partial charge in [0.1, 0.15) is 18.2 Å². The topological polar surface area (TPSA) is 35.2 Å². The summed E-state index contributed by atoms with van der Waals surface area (Å²) in [6, 6.07) is 8.64. The van der Waals surface area contributed by atoms with E-state index in [-0.39, 0.29) is 5.82 Å². The smallest absolute Gasteiger partial charge is 0.127 e. The number of benzene rings is 2. The van der Waals surface area contributed by atoms with Crippen LogP contribution in [0.4, 0.5) is 4.39 Å². The highest BCUT2D eigenvalue weighted by Crippen LogP contribution is 2.28. The molecular weight excluding hydrogens is 321 g/mol. The summed E-state index contributed by atoms with van der Waals surface area (Å²) in [6.07, 6.45) is 0. The Labute approximate surface area is 126 Å². The molecule has 2 N–H and O–H groups in total. The van der Waals surface area contributed by atoms with E-state index >= 15 is 0 Å². The number of hydrogen-bond acceptors (Lipinski definition) is 2. The van der Waals surface area contributed by atoms with Crippen LogP contribution in [-0.2, 0) is 13.2 Å². The number of nitrogens with two attached hydrogens (primary N) is 1. The molecule has 0 aliphatic heterocycles. The van der Waals surface area contributed by atoms with Crippen LogP contribution in [0.15, 0.2) is 34.8 Å². The van der Waals surface area contributed by atoms with Gasteiger partial charge in [-0.1, -0.05) is 22.0 Å². The Kier molecular flexibility index (Phi) is 4.78. The lowest BCUT2D eigenvalue weighted by atomic mass is 10.1. The normalized spacial score (nSPS) is 10.7. The van der Waals surface area contributed by atoms with Crippen molar-refractivity contribution < 1.29 is 9.13 Å². The second kappa shape index (κ2) is 6.37. The summed E-state index contributed by atoms with van der Waals surface area (Å²) in [4.78, 5) is 0. The first-order chi connectivity index (χ1) is 9.51. The van der Waals surface area contributed by atoms with Gasteiger partial charge in [0, 0.05) is 16.6 Å². The Morgan fingerprint density at radius 2 is 1.85 bits per heavy atom. The van der Waals surface area contributed by atoms with Gasteiger partial charge in [-0.15, -0.1) is 0 Å². The van der Waals surface area contributed by atoms with Gasteiger partial charge in [0.15, 0.2) is 0 Å². The first-order valence-corrected chi connectivity index (χ1v) is 7.17. The van der Waals surface area contributed by atoms with E-state index in [1.807, 2.05) is 26.0 Å². The van der Waals surface area contributed by atoms with Crippen LogP contribution in [0.3, 0.4) is 0 Å². The third kappa shape index (κ3) is 3.38. The number of aryl methyl sites for hydroxylation is 2. The van der Waals surface area contributed by atoms with Gasteiger partial charge in [0.2, 0.25) is 0 Å². The van der Waals surface area contributed by atoms with E-state index < -0.39 is 0 Å². The maximum atomic E-state index is 13.3. The second-order valence-electron chi connectivity index (χ2n) is 4.77. The molecule has 0 aliphatic rings. The van der Waals surface area contributed by atoms with Crippen LogP contribution in [0.1, 0.15) is 22.3 Å². The molecule has 2 nitrogen and oxygen atoms in total. The summed E-state index contributed by atoms with van der Waals surface area (Å²) in [5.41, 5.74) is 9.55. The predicted molar refractivity (Wildman–Crippen MR) is 82.2 cm³/mol. The minimum absolute atomic E-state index is 0.249. The van der Waals surface area contributed by atoms with Gasteiger partial charge >= 0.3 is 0 Å². The molecule has 20 heavy (non-hydrogen) atoms. The molecule has 0 radical (unpaired) electrons. The van der Waals surface area contributed by atoms with Gasteiger partial charge in [-0.05, 0) is 54.8 Å². The summed E-state index contributed by atoms with van der Waals surface area (Å²) in [6.45, 7) is 4.64. The largest absolute Gasteiger partial charge is 0.488 e. The first-order valence-electron chi connectivity index (χ1n) is 6.38. The third-order valence-electron chi connectivity index (χ3n) is 3.22. The summed E-state index contributed by atoms with van der Waals surface area (Å²) in [5.74, 6) is 0.528. The summed E-state index contributed by atoms with van der Waals surface area (Å²) < 4.78 is 20.1. The average molecular weight is 338 g/mol. The van der Waals surface area contributed by atoms with Gasteiger partial charge in [-0.25, -0.2) is 4.39 Å². The van der Waals surface area contributed by atoms with Gasteiger partial charge < -0.3 is 10.5 Å². The van der Waals surface area contributed by atoms with Crippen molar-refractivity contribution in [3.8, 4) is 5.75 Å². The van der Waals surface area contributed by atoms with Crippen molar-refractivity contribution in [1.29, 1.82) is 0 Å². The minimum atomic E-state index is -0.249. The molecule has 106 valence electrons. The van der Waals surface area contributed by atoms with Crippen LogP contribution in [0.25, 0.3) is 0 Å². The lowest BCUT2D eigenvalue weighted by Crippen LogP contribution is -2.05. The lowest BCUT2D eigenvalue weighted by Gasteiger charge is -2.15. The third-order valence-corrected chi connectivity index (χ3v) is 3.68. The Bertz CT molecular complexity index is 628. The van der Waals surface area contributed by atoms with Crippen molar-refractivity contribution in [2.45, 2.75) is 27.0 Å². The molecule has 2 aromatic rings. The van der Waals surface area contributed by atoms with E-state index in [0.29, 0.717) is 13.2 Å². The van der Waals surface area contributed by atoms with Crippen LogP contribution in [0.5, 0.6) is 5.75 Å². The molecule has 0 heterocycles. The maximum Gasteiger partial charge on any atom is 0.127 e. The summed E-state index contributed by atoms with van der Waals surface area (Å²) >= 11 is 3.44. The molecule has 2 aromatic carbocycles. The van der Waals surface area contributed by atoms with Gasteiger partial charge in [0.05, 0.1) is 0 Å². The van der Waals surface area contributed by atoms with E-state index in [9.17, 15) is 4.39 Å². The number of halogens is 2. The number of rotatable bonds is 4. The van der Waals surface area contributed by atoms with E-state index in [1.165, 1.54) is 12.1 Å². The molecule has 2 rings (SSSR count). The Morgan fingerprint density at radius 3 is 2.55 bits per heavy atom. The molecule has 0 aromatic heterocycles. The van der Waals surface area contributed by atoms with Crippen LogP contribution in [0, 0.1) is 19.7 Å². The molecule has 4 heteroatoms. The zero-order valence-corrected chi connectivity index (χ0v) is 13.1. The van der Waals surface area contributed by atoms with Crippen LogP contribution >= 0.6 is 15.9 Å². The molecular formula is C16H17BrFNO. The molecule has 0 unspecified atom stereocenters. The Hall–Kier alpha value is -1.39. The van der Waals surface area contributed by atoms with Crippen molar-refractivity contribution >= 4 is 15.9 Å². The monoisotopic (exact) mass is 337 g/mol. The predicted octanol–water partition coefficient (Wildman–Crippen LogP) is 4.24. The van der Waals surface area contributed by atoms with Crippen molar-refractivity contribution in [3.05, 3.63) is 62.9 Å². The highest BCUT2D eigenvalue weighted by molar-refractivity contribution is 9.10. The highest BCUT2D eigenvalue weighted by atomic mass is 79.9. The Balaban J connectivity index is 2.25. The van der Waals surface area contributed by atoms with Crippen molar-refractivity contribution in [2.24, 2.45) is 5.73 Å². The zero-order valence-electron chi connectivity index (χ0n) is 11.5. The minimum Gasteiger partial charge on any atom is -0.488 e. The van der Waals surface area contributed by atoms with Crippen LogP contribution < -0.4 is 10.5 Å². The SMILES string of the molecule is Cc1ccc(F)cc1COc1c(C)cc(Br)cc1CN. The van der Waals surface area contributed by atoms with Crippen LogP contribution in [0.2, 0.25) is 0 Å². The fourth-order valence-corrected chi connectivity index (χ4v) is 2.72. The van der Waals surface area contributed by atoms with Gasteiger partial charge in [-0.2, -0.15) is 0 Å². The first kappa shape index (κ1) is 15.0. The average Bonchev–Trinajstić information content (AvgIpc) is 2.40. The molecule has 0 atom stereocenters. The molecule has 0 saturated carbocycles. The standard InChI is InChI=1S/C16H17BrFNO/c1-10-3-4-15(18)7-13(10)9-20-16-11(2)5-14(17)6-12(16)8-19/h3-7H,8-9,19H2,1-2H3. The fourth-order valence-electron chi connectivity index (χ4n) is 2.10. The second-order valence-corrected chi connectivity index (χ2v) is 5.69. The molecule has 0 aliphatic carbocycles. The van der Waals surface area contributed by atoms with E-state index in [1.54, 1.807) is 6.07 Å². The van der Waals surface area contributed by atoms with Crippen molar-refractivity contribution in [2.75, 3.05) is 0 Å². The molecule has 0 fully saturated rings. The lowest BCUT2D eigenvalue weighted by molar-refractivity contribution is 0.299. The highest BCUT2D eigenvalue weighted by Gasteiger charge is 2.09. The van der Waals surface area contributed by atoms with Crippen molar-refractivity contribution in [3.63, 3.8) is 0 Å². The zero-order chi connectivity index (χ0) is 14.7. The molecule has 0 bridgehead atoms. The van der Waals surface area contributed by atoms with E-state index in [4.69, 9.17) is 10.5 Å². The van der Waals surface area contributed by atoms with Gasteiger partial charge in [-0.3, -0.25) is 0 Å². The molecule has 0 saturated heterocycles. The summed E-state index contributed by atoms with van der Waals surface area (Å²) in [7, 11) is 0. The van der Waals surface area contributed by atoms with Crippen molar-refractivity contribution in [1.82, 2.24) is 0 Å². The van der Waals surface area contributed by atoms with E-state index in [2.05, 4.69) is 15.9 Å².